The van der Waals surface area contributed by atoms with Crippen molar-refractivity contribution < 1.29 is 73.7 Å². The second kappa shape index (κ2) is 67.2. The van der Waals surface area contributed by atoms with Gasteiger partial charge in [-0.25, -0.2) is 4.70 Å². The van der Waals surface area contributed by atoms with E-state index in [0.717, 1.165) is 53.9 Å². The van der Waals surface area contributed by atoms with Crippen molar-refractivity contribution in [3.63, 3.8) is 0 Å². The molecule has 10 N–H and O–H groups in total. The van der Waals surface area contributed by atoms with E-state index in [9.17, 15) is 46.4 Å². The predicted molar refractivity (Wildman–Crippen MR) is 422 cm³/mol. The Morgan fingerprint density at radius 1 is 0.317 bits per heavy atom. The van der Waals surface area contributed by atoms with Gasteiger partial charge in [-0.05, 0) is 48.2 Å². The minimum Gasteiger partial charge on any atom is -0.0654 e. The van der Waals surface area contributed by atoms with Crippen molar-refractivity contribution in [2.24, 2.45) is 0 Å². The van der Waals surface area contributed by atoms with E-state index in [4.69, 9.17) is 10.2 Å². The van der Waals surface area contributed by atoms with E-state index in [1.54, 1.807) is 58.3 Å². The Balaban J connectivity index is 0.000000696. The fourth-order valence-electron chi connectivity index (χ4n) is 14.2. The van der Waals surface area contributed by atoms with Crippen molar-refractivity contribution in [2.75, 3.05) is 13.2 Å². The molecule has 2 aromatic carbocycles. The van der Waals surface area contributed by atoms with Crippen LogP contribution in [-0.2, 0) is 30.8 Å². The Bertz CT molecular complexity index is 2210. The van der Waals surface area contributed by atoms with E-state index < -0.39 is 62.0 Å². The van der Waals surface area contributed by atoms with Crippen LogP contribution in [0.1, 0.15) is 396 Å². The molecule has 0 saturated carbocycles. The standard InChI is InChI=1S/C34H48N2O10.2C27H55.Pd/c1-2-3-4-5-10-24-17-25(22-11-6-8-20(13-22)15-26(39)31(43)33(45)28(41)18-37)36(35)30(24)23-12-7-9-21(14-23)16-27(40)32(44)34(46)29(42)19-38;2*1-3-5-7-9-11-13-15-17-19-21-23-25-27-26-24-22-20-18-16-14-12-10-8-6-4-2;/h6-9,11-14,17,26-29,31-34,37-46H,2-5,10,15-16,18-19H2,1H3;2*1,3-27H2,2H3;. The molecular formula is C88H158N2O10Pd. The zero-order valence-electron chi connectivity index (χ0n) is 65.1. The number of rotatable bonds is 71. The van der Waals surface area contributed by atoms with Gasteiger partial charge >= 0.3 is 169 Å². The summed E-state index contributed by atoms with van der Waals surface area (Å²) in [6, 6.07) is 14.0. The van der Waals surface area contributed by atoms with Crippen LogP contribution >= 0.6 is 0 Å². The summed E-state index contributed by atoms with van der Waals surface area (Å²) in [5, 5.41) is 99.0. The Labute approximate surface area is 628 Å². The Morgan fingerprint density at radius 3 is 0.851 bits per heavy atom. The molecule has 8 atom stereocenters. The first kappa shape index (κ1) is 94.9. The minimum absolute atomic E-state index is 0.0741. The zero-order valence-corrected chi connectivity index (χ0v) is 66.7. The Hall–Kier alpha value is -2.22. The van der Waals surface area contributed by atoms with Gasteiger partial charge in [0.2, 0.25) is 11.4 Å². The number of benzene rings is 2. The Kier molecular flexibility index (Phi) is 63.1. The number of unbranched alkanes of at least 4 members (excludes halogenated alkanes) is 51. The van der Waals surface area contributed by atoms with Crippen LogP contribution in [-0.4, -0.2) is 118 Å². The molecule has 1 aliphatic heterocycles. The molecule has 0 aromatic heterocycles. The normalized spacial score (nSPS) is 15.0. The van der Waals surface area contributed by atoms with Crippen LogP contribution < -0.4 is 0 Å². The maximum absolute atomic E-state index is 11.5. The van der Waals surface area contributed by atoms with E-state index in [2.05, 4.69) is 20.8 Å². The van der Waals surface area contributed by atoms with Crippen molar-refractivity contribution >= 4 is 11.4 Å². The number of aliphatic hydroxyl groups is 10. The molecule has 0 saturated heterocycles. The van der Waals surface area contributed by atoms with Crippen LogP contribution in [0.25, 0.3) is 16.9 Å². The summed E-state index contributed by atoms with van der Waals surface area (Å²) in [5.41, 5.74) is 15.8. The van der Waals surface area contributed by atoms with Gasteiger partial charge in [0.05, 0.1) is 25.4 Å². The molecule has 2 aromatic rings. The van der Waals surface area contributed by atoms with Gasteiger partial charge in [-0.2, -0.15) is 0 Å². The number of aliphatic hydroxyl groups excluding tert-OH is 10. The minimum atomic E-state index is -1.74. The van der Waals surface area contributed by atoms with Gasteiger partial charge < -0.3 is 56.6 Å². The van der Waals surface area contributed by atoms with Crippen LogP contribution in [0, 0.1) is 0 Å². The fraction of sp³-hybridized carbons (Fsp3) is 0.818. The molecule has 0 amide bonds. The van der Waals surface area contributed by atoms with Crippen molar-refractivity contribution in [3.05, 3.63) is 88.0 Å². The fourth-order valence-corrected chi connectivity index (χ4v) is 16.2. The van der Waals surface area contributed by atoms with Gasteiger partial charge in [-0.3, -0.25) is 0 Å². The van der Waals surface area contributed by atoms with E-state index >= 15 is 0 Å². The summed E-state index contributed by atoms with van der Waals surface area (Å²) in [4.78, 5) is 3.10. The van der Waals surface area contributed by atoms with Crippen molar-refractivity contribution in [1.29, 1.82) is 0 Å². The third-order valence-electron chi connectivity index (χ3n) is 21.0. The van der Waals surface area contributed by atoms with Crippen molar-refractivity contribution in [1.82, 2.24) is 0 Å². The second-order valence-corrected chi connectivity index (χ2v) is 32.7. The average molecular weight is 1510 g/mol. The average Bonchev–Trinajstić information content (AvgIpc) is 1.64. The van der Waals surface area contributed by atoms with Gasteiger partial charge in [0, 0.05) is 35.6 Å². The van der Waals surface area contributed by atoms with Gasteiger partial charge in [-0.15, -0.1) is 0 Å². The predicted octanol–water partition coefficient (Wildman–Crippen LogP) is 21.9. The molecule has 0 spiro atoms. The van der Waals surface area contributed by atoms with E-state index in [1.165, 1.54) is 321 Å². The Morgan fingerprint density at radius 2 is 0.564 bits per heavy atom. The number of hydrogen-bond acceptors (Lipinski definition) is 10. The third-order valence-corrected chi connectivity index (χ3v) is 23.2. The monoisotopic (exact) mass is 1510 g/mol. The first-order valence-corrected chi connectivity index (χ1v) is 44.8. The van der Waals surface area contributed by atoms with Crippen LogP contribution in [0.15, 0.2) is 60.2 Å². The quantitative estimate of drug-likeness (QED) is 0.0171. The topological polar surface area (TPSA) is 228 Å². The first-order chi connectivity index (χ1) is 49.3. The maximum atomic E-state index is 11.5. The molecule has 13 heteroatoms. The summed E-state index contributed by atoms with van der Waals surface area (Å²) in [6.45, 7) is 5.19. The number of allylic oxidation sites excluding steroid dienone is 2. The van der Waals surface area contributed by atoms with E-state index in [0.29, 0.717) is 40.1 Å². The van der Waals surface area contributed by atoms with Crippen molar-refractivity contribution in [2.45, 2.75) is 445 Å². The zero-order chi connectivity index (χ0) is 73.4. The van der Waals surface area contributed by atoms with Crippen LogP contribution in [0.2, 0.25) is 9.79 Å². The van der Waals surface area contributed by atoms with Crippen LogP contribution in [0.4, 0.5) is 0 Å². The first-order valence-electron chi connectivity index (χ1n) is 42.6. The molecule has 1 aliphatic rings. The van der Waals surface area contributed by atoms with E-state index in [-0.39, 0.29) is 12.8 Å². The summed E-state index contributed by atoms with van der Waals surface area (Å²) in [5.74, 6) is 0. The summed E-state index contributed by atoms with van der Waals surface area (Å²) >= 11 is 1.05. The van der Waals surface area contributed by atoms with Gasteiger partial charge in [-0.1, -0.05) is 244 Å². The van der Waals surface area contributed by atoms with Crippen LogP contribution in [0.5, 0.6) is 0 Å². The third kappa shape index (κ3) is 48.7. The van der Waals surface area contributed by atoms with Gasteiger partial charge in [0.25, 0.3) is 0 Å². The molecule has 0 fully saturated rings. The SMILES string of the molecule is CCCCCCC1=C(c2cccc(CC(O)C(O)C(O)C(O)CO)c2)[N+](=[N-])C(c2cccc(CC(O)C(O)C(O)C(O)CO)c2)=C1.CCCCCCCCCCCCCCCCCCCCCCCCCC[CH2][Pd][CH2]CCCCCCCCCCCCCCCCCCCCCCCCCC. The molecule has 0 radical (unpaired) electrons. The molecule has 12 nitrogen and oxygen atoms in total. The number of hydrogen-bond donors (Lipinski definition) is 10. The summed E-state index contributed by atoms with van der Waals surface area (Å²) < 4.78 is 1.08. The molecular weight excluding hydrogens is 1350 g/mol. The molecule has 0 bridgehead atoms. The molecule has 101 heavy (non-hydrogen) atoms. The van der Waals surface area contributed by atoms with Crippen molar-refractivity contribution in [3.8, 4) is 0 Å². The summed E-state index contributed by atoms with van der Waals surface area (Å²) in [6.07, 6.45) is 67.9. The van der Waals surface area contributed by atoms with Gasteiger partial charge in [0.1, 0.15) is 36.6 Å². The molecule has 590 valence electrons. The smallest absolute Gasteiger partial charge is 0.0654 e. The van der Waals surface area contributed by atoms with Gasteiger partial charge in [0.15, 0.2) is 0 Å². The van der Waals surface area contributed by atoms with E-state index in [1.807, 2.05) is 6.08 Å². The van der Waals surface area contributed by atoms with Crippen LogP contribution in [0.3, 0.4) is 0 Å². The molecule has 8 unspecified atom stereocenters. The molecule has 3 rings (SSSR count). The number of nitrogens with zero attached hydrogens (tertiary/aromatic N) is 2. The second-order valence-electron chi connectivity index (χ2n) is 30.4. The molecule has 0 aliphatic carbocycles. The molecule has 1 heterocycles. The summed E-state index contributed by atoms with van der Waals surface area (Å²) in [7, 11) is 0.